The third-order valence-electron chi connectivity index (χ3n) is 2.74. The maximum absolute atomic E-state index is 12.7. The Balaban J connectivity index is 2.42. The molecular formula is C12H10F3NO3S. The Bertz CT molecular complexity index is 638. The van der Waals surface area contributed by atoms with E-state index in [2.05, 4.69) is 0 Å². The first-order chi connectivity index (χ1) is 9.21. The zero-order valence-corrected chi connectivity index (χ0v) is 10.9. The predicted molar refractivity (Wildman–Crippen MR) is 66.7 cm³/mol. The van der Waals surface area contributed by atoms with Gasteiger partial charge in [0.2, 0.25) is 0 Å². The van der Waals surface area contributed by atoms with Crippen LogP contribution >= 0.6 is 0 Å². The van der Waals surface area contributed by atoms with Crippen LogP contribution in [0.15, 0.2) is 41.8 Å². The molecule has 0 saturated heterocycles. The van der Waals surface area contributed by atoms with Gasteiger partial charge in [0.15, 0.2) is 9.84 Å². The Morgan fingerprint density at radius 2 is 1.80 bits per heavy atom. The van der Waals surface area contributed by atoms with Crippen LogP contribution in [0.5, 0.6) is 0 Å². The van der Waals surface area contributed by atoms with Crippen molar-refractivity contribution < 1.29 is 26.4 Å². The fourth-order valence-electron chi connectivity index (χ4n) is 1.90. The van der Waals surface area contributed by atoms with Crippen molar-refractivity contribution in [2.24, 2.45) is 0 Å². The van der Waals surface area contributed by atoms with Crippen molar-refractivity contribution in [3.05, 3.63) is 41.8 Å². The molecule has 0 fully saturated rings. The van der Waals surface area contributed by atoms with Crippen LogP contribution in [-0.4, -0.2) is 32.3 Å². The molecule has 4 nitrogen and oxygen atoms in total. The number of nitrogens with zero attached hydrogens (tertiary/aromatic N) is 1. The van der Waals surface area contributed by atoms with Crippen molar-refractivity contribution in [2.75, 3.05) is 10.7 Å². The lowest BCUT2D eigenvalue weighted by atomic mass is 10.2. The predicted octanol–water partition coefficient (Wildman–Crippen LogP) is 1.89. The van der Waals surface area contributed by atoms with Gasteiger partial charge >= 0.3 is 12.1 Å². The Labute approximate surface area is 113 Å². The van der Waals surface area contributed by atoms with Gasteiger partial charge in [-0.15, -0.1) is 0 Å². The molecule has 1 aliphatic rings. The van der Waals surface area contributed by atoms with E-state index < -0.39 is 33.7 Å². The van der Waals surface area contributed by atoms with Gasteiger partial charge in [0, 0.05) is 11.1 Å². The number of rotatable bonds is 2. The third kappa shape index (κ3) is 3.01. The number of para-hydroxylation sites is 1. The number of carbonyl (C=O) groups excluding carboxylic acids is 1. The van der Waals surface area contributed by atoms with E-state index in [1.54, 1.807) is 6.07 Å². The van der Waals surface area contributed by atoms with Crippen LogP contribution in [0.25, 0.3) is 0 Å². The molecule has 0 aromatic heterocycles. The summed E-state index contributed by atoms with van der Waals surface area (Å²) in [5.41, 5.74) is 0.00146. The summed E-state index contributed by atoms with van der Waals surface area (Å²) in [7, 11) is -3.57. The number of sulfone groups is 1. The summed E-state index contributed by atoms with van der Waals surface area (Å²) in [5.74, 6) is -2.64. The first kappa shape index (κ1) is 14.6. The number of hydrogen-bond acceptors (Lipinski definition) is 3. The third-order valence-corrected chi connectivity index (χ3v) is 4.12. The van der Waals surface area contributed by atoms with Gasteiger partial charge in [0.05, 0.1) is 11.8 Å². The molecule has 1 heterocycles. The first-order valence-electron chi connectivity index (χ1n) is 5.57. The number of halogens is 3. The maximum Gasteiger partial charge on any atom is 0.471 e. The van der Waals surface area contributed by atoms with Gasteiger partial charge in [-0.3, -0.25) is 9.69 Å². The number of anilines is 1. The van der Waals surface area contributed by atoms with E-state index in [1.165, 1.54) is 24.3 Å². The lowest BCUT2D eigenvalue weighted by Gasteiger charge is -2.28. The molecule has 1 aliphatic heterocycles. The van der Waals surface area contributed by atoms with Gasteiger partial charge in [-0.1, -0.05) is 18.2 Å². The van der Waals surface area contributed by atoms with E-state index in [-0.39, 0.29) is 5.69 Å². The molecule has 0 spiro atoms. The van der Waals surface area contributed by atoms with Crippen molar-refractivity contribution >= 4 is 21.4 Å². The molecule has 0 N–H and O–H groups in total. The molecule has 1 amide bonds. The standard InChI is InChI=1S/C12H10F3NO3S/c13-12(14,15)11(17)16(9-4-2-1-3-5-9)10-6-7-20(18,19)8-10/h1-7,10H,8H2/t10-/m0/s1. The van der Waals surface area contributed by atoms with E-state index in [1.807, 2.05) is 0 Å². The van der Waals surface area contributed by atoms with E-state index in [9.17, 15) is 26.4 Å². The van der Waals surface area contributed by atoms with Crippen LogP contribution in [-0.2, 0) is 14.6 Å². The van der Waals surface area contributed by atoms with Crippen LogP contribution in [0.4, 0.5) is 18.9 Å². The maximum atomic E-state index is 12.7. The highest BCUT2D eigenvalue weighted by molar-refractivity contribution is 7.94. The summed E-state index contributed by atoms with van der Waals surface area (Å²) in [6.07, 6.45) is -3.98. The molecular weight excluding hydrogens is 295 g/mol. The van der Waals surface area contributed by atoms with Crippen LogP contribution < -0.4 is 4.90 Å². The van der Waals surface area contributed by atoms with Gasteiger partial charge in [0.1, 0.15) is 0 Å². The van der Waals surface area contributed by atoms with E-state index in [0.717, 1.165) is 11.5 Å². The monoisotopic (exact) mass is 305 g/mol. The summed E-state index contributed by atoms with van der Waals surface area (Å²) >= 11 is 0. The Morgan fingerprint density at radius 3 is 2.25 bits per heavy atom. The molecule has 0 radical (unpaired) electrons. The molecule has 2 rings (SSSR count). The second-order valence-electron chi connectivity index (χ2n) is 4.23. The van der Waals surface area contributed by atoms with Crippen LogP contribution in [0, 0.1) is 0 Å². The summed E-state index contributed by atoms with van der Waals surface area (Å²) in [4.78, 5) is 12.0. The van der Waals surface area contributed by atoms with E-state index in [4.69, 9.17) is 0 Å². The van der Waals surface area contributed by atoms with Crippen molar-refractivity contribution in [3.63, 3.8) is 0 Å². The minimum Gasteiger partial charge on any atom is -0.297 e. The fourth-order valence-corrected chi connectivity index (χ4v) is 3.17. The molecule has 1 aromatic rings. The zero-order chi connectivity index (χ0) is 15.0. The SMILES string of the molecule is O=C(N(c1ccccc1)[C@H]1C=CS(=O)(=O)C1)C(F)(F)F. The summed E-state index contributed by atoms with van der Waals surface area (Å²) in [5, 5.41) is 0.831. The van der Waals surface area contributed by atoms with Crippen molar-refractivity contribution in [3.8, 4) is 0 Å². The highest BCUT2D eigenvalue weighted by Crippen LogP contribution is 2.28. The topological polar surface area (TPSA) is 54.5 Å². The number of hydrogen-bond donors (Lipinski definition) is 0. The van der Waals surface area contributed by atoms with Crippen LogP contribution in [0.3, 0.4) is 0 Å². The molecule has 0 bridgehead atoms. The number of alkyl halides is 3. The summed E-state index contributed by atoms with van der Waals surface area (Å²) < 4.78 is 60.7. The normalized spacial score (nSPS) is 20.9. The molecule has 108 valence electrons. The van der Waals surface area contributed by atoms with Crippen LogP contribution in [0.1, 0.15) is 0 Å². The minimum atomic E-state index is -5.07. The fraction of sp³-hybridized carbons (Fsp3) is 0.250. The lowest BCUT2D eigenvalue weighted by molar-refractivity contribution is -0.170. The molecule has 0 aliphatic carbocycles. The molecule has 1 aromatic carbocycles. The van der Waals surface area contributed by atoms with Gasteiger partial charge in [0.25, 0.3) is 0 Å². The second kappa shape index (κ2) is 4.93. The Hall–Kier alpha value is -1.83. The van der Waals surface area contributed by atoms with Gasteiger partial charge < -0.3 is 0 Å². The molecule has 1 atom stereocenters. The smallest absolute Gasteiger partial charge is 0.297 e. The molecule has 20 heavy (non-hydrogen) atoms. The molecule has 0 unspecified atom stereocenters. The number of carbonyl (C=O) groups is 1. The van der Waals surface area contributed by atoms with Gasteiger partial charge in [-0.25, -0.2) is 8.42 Å². The van der Waals surface area contributed by atoms with Crippen molar-refractivity contribution in [1.29, 1.82) is 0 Å². The first-order valence-corrected chi connectivity index (χ1v) is 7.29. The second-order valence-corrected chi connectivity index (χ2v) is 6.17. The summed E-state index contributed by atoms with van der Waals surface area (Å²) in [6, 6.07) is 6.01. The number of benzene rings is 1. The van der Waals surface area contributed by atoms with E-state index in [0.29, 0.717) is 4.90 Å². The zero-order valence-electron chi connectivity index (χ0n) is 10.0. The average molecular weight is 305 g/mol. The van der Waals surface area contributed by atoms with Crippen LogP contribution in [0.2, 0.25) is 0 Å². The highest BCUT2D eigenvalue weighted by Gasteiger charge is 2.46. The minimum absolute atomic E-state index is 0.00146. The molecule has 8 heteroatoms. The number of amides is 1. The van der Waals surface area contributed by atoms with Gasteiger partial charge in [-0.05, 0) is 18.2 Å². The molecule has 0 saturated carbocycles. The lowest BCUT2D eigenvalue weighted by Crippen LogP contribution is -2.47. The van der Waals surface area contributed by atoms with Gasteiger partial charge in [-0.2, -0.15) is 13.2 Å². The highest BCUT2D eigenvalue weighted by atomic mass is 32.2. The quantitative estimate of drug-likeness (QED) is 0.838. The summed E-state index contributed by atoms with van der Waals surface area (Å²) in [6.45, 7) is 0. The Morgan fingerprint density at radius 1 is 1.20 bits per heavy atom. The van der Waals surface area contributed by atoms with Crippen molar-refractivity contribution in [1.82, 2.24) is 0 Å². The van der Waals surface area contributed by atoms with Crippen molar-refractivity contribution in [2.45, 2.75) is 12.2 Å². The largest absolute Gasteiger partial charge is 0.471 e. The van der Waals surface area contributed by atoms with E-state index >= 15 is 0 Å². The Kier molecular flexibility index (Phi) is 3.59. The average Bonchev–Trinajstić information content (AvgIpc) is 2.70.